The molecular weight excluding hydrogens is 594 g/mol. The summed E-state index contributed by atoms with van der Waals surface area (Å²) in [5.74, 6) is 0.650. The van der Waals surface area contributed by atoms with Crippen molar-refractivity contribution in [1.82, 2.24) is 9.88 Å². The molecule has 1 aliphatic heterocycles. The molecule has 0 atom stereocenters. The highest BCUT2D eigenvalue weighted by Crippen LogP contribution is 2.32. The van der Waals surface area contributed by atoms with Crippen molar-refractivity contribution in [3.05, 3.63) is 115 Å². The second-order valence-electron chi connectivity index (χ2n) is 9.45. The number of ether oxygens (including phenoxy) is 1. The lowest BCUT2D eigenvalue weighted by atomic mass is 10.1. The summed E-state index contributed by atoms with van der Waals surface area (Å²) >= 11 is 10.9. The van der Waals surface area contributed by atoms with Gasteiger partial charge in [0.15, 0.2) is 5.17 Å². The molecule has 1 fully saturated rings. The van der Waals surface area contributed by atoms with Crippen LogP contribution in [0.3, 0.4) is 0 Å². The third-order valence-electron chi connectivity index (χ3n) is 6.47. The first-order valence-electron chi connectivity index (χ1n) is 12.4. The van der Waals surface area contributed by atoms with Gasteiger partial charge in [-0.25, -0.2) is 4.99 Å². The molecular formula is C31H27BrClN3O2S. The highest BCUT2D eigenvalue weighted by Gasteiger charge is 2.25. The third-order valence-corrected chi connectivity index (χ3v) is 8.89. The third kappa shape index (κ3) is 6.16. The monoisotopic (exact) mass is 619 g/mol. The van der Waals surface area contributed by atoms with E-state index in [0.717, 1.165) is 55.2 Å². The van der Waals surface area contributed by atoms with Crippen LogP contribution in [-0.4, -0.2) is 15.6 Å². The molecule has 0 radical (unpaired) electrons. The van der Waals surface area contributed by atoms with Crippen LogP contribution in [0.25, 0.3) is 11.8 Å². The number of nitrogens with zero attached hydrogens (tertiary/aromatic N) is 2. The predicted octanol–water partition coefficient (Wildman–Crippen LogP) is 8.60. The van der Waals surface area contributed by atoms with E-state index in [2.05, 4.69) is 50.7 Å². The van der Waals surface area contributed by atoms with Gasteiger partial charge < -0.3 is 14.6 Å². The Kier molecular flexibility index (Phi) is 8.03. The van der Waals surface area contributed by atoms with Gasteiger partial charge in [0.25, 0.3) is 5.91 Å². The van der Waals surface area contributed by atoms with Gasteiger partial charge in [-0.2, -0.15) is 0 Å². The molecule has 39 heavy (non-hydrogen) atoms. The van der Waals surface area contributed by atoms with Gasteiger partial charge in [0.05, 0.1) is 10.6 Å². The minimum absolute atomic E-state index is 0.142. The molecule has 4 aromatic rings. The molecule has 0 unspecified atom stereocenters. The Morgan fingerprint density at radius 1 is 1.00 bits per heavy atom. The van der Waals surface area contributed by atoms with Crippen LogP contribution in [0.15, 0.2) is 81.1 Å². The van der Waals surface area contributed by atoms with Gasteiger partial charge in [0.2, 0.25) is 0 Å². The summed E-state index contributed by atoms with van der Waals surface area (Å²) < 4.78 is 9.19. The normalized spacial score (nSPS) is 15.3. The minimum Gasteiger partial charge on any atom is -0.489 e. The molecule has 3 aromatic carbocycles. The molecule has 1 N–H and O–H groups in total. The molecule has 1 aromatic heterocycles. The van der Waals surface area contributed by atoms with E-state index < -0.39 is 0 Å². The van der Waals surface area contributed by atoms with E-state index in [1.807, 2.05) is 80.6 Å². The first-order valence-corrected chi connectivity index (χ1v) is 14.4. The number of amidine groups is 1. The standard InChI is InChI=1S/C31H27BrClN3O2S/c1-18-13-25(14-19(2)29(18)32)34-31-35-30(37)28(39-31)16-23-15-20(3)36(21(23)4)26-9-11-27(12-10-26)38-17-22-5-7-24(33)8-6-22/h5-16H,17H2,1-4H3,(H,34,35,37)/b28-16-. The van der Waals surface area contributed by atoms with Crippen LogP contribution in [0, 0.1) is 27.7 Å². The van der Waals surface area contributed by atoms with Gasteiger partial charge in [-0.05, 0) is 122 Å². The van der Waals surface area contributed by atoms with E-state index in [1.54, 1.807) is 0 Å². The number of benzene rings is 3. The Morgan fingerprint density at radius 3 is 2.33 bits per heavy atom. The topological polar surface area (TPSA) is 55.6 Å². The number of aliphatic imine (C=N–C) groups is 1. The van der Waals surface area contributed by atoms with Crippen molar-refractivity contribution in [2.45, 2.75) is 34.3 Å². The Balaban J connectivity index is 1.32. The number of nitrogens with one attached hydrogen (secondary N) is 1. The summed E-state index contributed by atoms with van der Waals surface area (Å²) in [7, 11) is 0. The summed E-state index contributed by atoms with van der Waals surface area (Å²) in [5, 5.41) is 4.19. The molecule has 0 saturated carbocycles. The van der Waals surface area contributed by atoms with Crippen molar-refractivity contribution in [3.63, 3.8) is 0 Å². The average Bonchev–Trinajstić information content (AvgIpc) is 3.39. The fourth-order valence-corrected chi connectivity index (χ4v) is 5.68. The van der Waals surface area contributed by atoms with Crippen LogP contribution in [0.1, 0.15) is 33.6 Å². The van der Waals surface area contributed by atoms with Crippen LogP contribution < -0.4 is 10.1 Å². The fraction of sp³-hybridized carbons (Fsp3) is 0.161. The number of carbonyl (C=O) groups excluding carboxylic acids is 1. The molecule has 5 rings (SSSR count). The zero-order valence-corrected chi connectivity index (χ0v) is 25.2. The summed E-state index contributed by atoms with van der Waals surface area (Å²) in [4.78, 5) is 18.0. The Labute approximate surface area is 246 Å². The minimum atomic E-state index is -0.142. The van der Waals surface area contributed by atoms with Gasteiger partial charge in [0.1, 0.15) is 12.4 Å². The number of amides is 1. The number of rotatable bonds is 6. The van der Waals surface area contributed by atoms with Gasteiger partial charge in [-0.15, -0.1) is 0 Å². The second kappa shape index (κ2) is 11.5. The van der Waals surface area contributed by atoms with Crippen LogP contribution in [0.5, 0.6) is 5.75 Å². The molecule has 1 aliphatic rings. The smallest absolute Gasteiger partial charge is 0.264 e. The number of halogens is 2. The number of aromatic nitrogens is 1. The van der Waals surface area contributed by atoms with E-state index in [4.69, 9.17) is 16.3 Å². The average molecular weight is 621 g/mol. The van der Waals surface area contributed by atoms with Crippen molar-refractivity contribution in [3.8, 4) is 11.4 Å². The van der Waals surface area contributed by atoms with E-state index in [-0.39, 0.29) is 5.91 Å². The zero-order chi connectivity index (χ0) is 27.7. The van der Waals surface area contributed by atoms with E-state index >= 15 is 0 Å². The molecule has 198 valence electrons. The number of hydrogen-bond acceptors (Lipinski definition) is 4. The quantitative estimate of drug-likeness (QED) is 0.220. The zero-order valence-electron chi connectivity index (χ0n) is 22.0. The molecule has 1 amide bonds. The largest absolute Gasteiger partial charge is 0.489 e. The number of thioether (sulfide) groups is 1. The molecule has 2 heterocycles. The van der Waals surface area contributed by atoms with Gasteiger partial charge in [-0.3, -0.25) is 4.79 Å². The second-order valence-corrected chi connectivity index (χ2v) is 11.7. The Morgan fingerprint density at radius 2 is 1.67 bits per heavy atom. The van der Waals surface area contributed by atoms with Crippen molar-refractivity contribution in [2.24, 2.45) is 4.99 Å². The van der Waals surface area contributed by atoms with E-state index in [1.165, 1.54) is 11.8 Å². The van der Waals surface area contributed by atoms with Crippen LogP contribution in [0.2, 0.25) is 5.02 Å². The summed E-state index contributed by atoms with van der Waals surface area (Å²) in [6, 6.07) is 21.7. The highest BCUT2D eigenvalue weighted by atomic mass is 79.9. The number of hydrogen-bond donors (Lipinski definition) is 1. The molecule has 1 saturated heterocycles. The predicted molar refractivity (Wildman–Crippen MR) is 165 cm³/mol. The summed E-state index contributed by atoms with van der Waals surface area (Å²) in [5.41, 5.74) is 8.23. The fourth-order valence-electron chi connectivity index (χ4n) is 4.50. The maximum absolute atomic E-state index is 12.7. The molecule has 8 heteroatoms. The first-order chi connectivity index (χ1) is 18.7. The molecule has 0 aliphatic carbocycles. The lowest BCUT2D eigenvalue weighted by Gasteiger charge is -2.11. The molecule has 5 nitrogen and oxygen atoms in total. The van der Waals surface area contributed by atoms with Crippen molar-refractivity contribution < 1.29 is 9.53 Å². The Bertz CT molecular complexity index is 1600. The van der Waals surface area contributed by atoms with Crippen LogP contribution >= 0.6 is 39.3 Å². The SMILES string of the molecule is Cc1cc(N=C2NC(=O)/C(=C/c3cc(C)n(-c4ccc(OCc5ccc(Cl)cc5)cc4)c3C)S2)cc(C)c1Br. The van der Waals surface area contributed by atoms with Crippen LogP contribution in [-0.2, 0) is 11.4 Å². The van der Waals surface area contributed by atoms with Crippen molar-refractivity contribution in [2.75, 3.05) is 0 Å². The van der Waals surface area contributed by atoms with Gasteiger partial charge in [0, 0.05) is 26.6 Å². The first kappa shape index (κ1) is 27.3. The maximum Gasteiger partial charge on any atom is 0.264 e. The maximum atomic E-state index is 12.7. The molecule has 0 bridgehead atoms. The van der Waals surface area contributed by atoms with Gasteiger partial charge >= 0.3 is 0 Å². The van der Waals surface area contributed by atoms with Gasteiger partial charge in [-0.1, -0.05) is 39.7 Å². The van der Waals surface area contributed by atoms with Crippen LogP contribution in [0.4, 0.5) is 5.69 Å². The van der Waals surface area contributed by atoms with Crippen molar-refractivity contribution >= 4 is 62.1 Å². The van der Waals surface area contributed by atoms with Crippen molar-refractivity contribution in [1.29, 1.82) is 0 Å². The van der Waals surface area contributed by atoms with E-state index in [0.29, 0.717) is 21.7 Å². The summed E-state index contributed by atoms with van der Waals surface area (Å²) in [6.07, 6.45) is 1.93. The molecule has 0 spiro atoms. The Hall–Kier alpha value is -3.26. The lowest BCUT2D eigenvalue weighted by molar-refractivity contribution is -0.115. The van der Waals surface area contributed by atoms with E-state index in [9.17, 15) is 4.79 Å². The highest BCUT2D eigenvalue weighted by molar-refractivity contribution is 9.10. The number of carbonyl (C=O) groups is 1. The lowest BCUT2D eigenvalue weighted by Crippen LogP contribution is -2.19. The number of aryl methyl sites for hydroxylation is 3. The summed E-state index contributed by atoms with van der Waals surface area (Å²) in [6.45, 7) is 8.66.